The van der Waals surface area contributed by atoms with Gasteiger partial charge in [0.15, 0.2) is 5.65 Å². The van der Waals surface area contributed by atoms with Crippen LogP contribution in [0.1, 0.15) is 38.5 Å². The average Bonchev–Trinajstić information content (AvgIpc) is 3.20. The molecule has 1 fully saturated rings. The highest BCUT2D eigenvalue weighted by atomic mass is 16.5. The molecule has 5 heterocycles. The summed E-state index contributed by atoms with van der Waals surface area (Å²) in [6.45, 7) is 7.22. The SMILES string of the molecule is C1CCOCC1.Cc1[nH]nc2c1Nc1ncc3c(C)nn(c3n1)CCCO2.[HH]. The van der Waals surface area contributed by atoms with E-state index in [1.807, 2.05) is 18.5 Å². The van der Waals surface area contributed by atoms with Gasteiger partial charge in [0.1, 0.15) is 5.69 Å². The van der Waals surface area contributed by atoms with Crippen LogP contribution in [0, 0.1) is 13.8 Å². The van der Waals surface area contributed by atoms with E-state index < -0.39 is 0 Å². The second-order valence-corrected chi connectivity index (χ2v) is 6.77. The van der Waals surface area contributed by atoms with Gasteiger partial charge in [-0.15, -0.1) is 5.10 Å². The van der Waals surface area contributed by atoms with E-state index in [1.54, 1.807) is 6.20 Å². The highest BCUT2D eigenvalue weighted by molar-refractivity contribution is 5.79. The Morgan fingerprint density at radius 1 is 1.11 bits per heavy atom. The molecule has 0 aliphatic carbocycles. The summed E-state index contributed by atoms with van der Waals surface area (Å²) < 4.78 is 12.7. The number of nitrogens with one attached hydrogen (secondary N) is 2. The Bertz CT molecular complexity index is 909. The predicted molar refractivity (Wildman–Crippen MR) is 104 cm³/mol. The molecule has 2 aliphatic heterocycles. The first kappa shape index (κ1) is 17.7. The van der Waals surface area contributed by atoms with E-state index in [9.17, 15) is 0 Å². The number of nitrogens with zero attached hydrogens (tertiary/aromatic N) is 5. The number of fused-ring (bicyclic) bond motifs is 2. The molecule has 9 heteroatoms. The maximum atomic E-state index is 5.72. The lowest BCUT2D eigenvalue weighted by molar-refractivity contribution is 0.0968. The molecular weight excluding hydrogens is 346 g/mol. The van der Waals surface area contributed by atoms with Gasteiger partial charge in [-0.25, -0.2) is 9.67 Å². The molecule has 146 valence electrons. The monoisotopic (exact) mass is 373 g/mol. The minimum atomic E-state index is 0. The number of aryl methyl sites for hydroxylation is 3. The zero-order chi connectivity index (χ0) is 18.6. The first-order valence-corrected chi connectivity index (χ1v) is 9.45. The first-order valence-electron chi connectivity index (χ1n) is 9.45. The molecule has 0 saturated carbocycles. The van der Waals surface area contributed by atoms with Gasteiger partial charge in [-0.1, -0.05) is 0 Å². The lowest BCUT2D eigenvalue weighted by atomic mass is 10.2. The van der Waals surface area contributed by atoms with Gasteiger partial charge in [0, 0.05) is 33.8 Å². The minimum Gasteiger partial charge on any atom is -0.475 e. The van der Waals surface area contributed by atoms with Gasteiger partial charge in [-0.3, -0.25) is 5.10 Å². The fraction of sp³-hybridized carbons (Fsp3) is 0.556. The van der Waals surface area contributed by atoms with Crippen molar-refractivity contribution in [2.45, 2.75) is 46.1 Å². The molecule has 9 nitrogen and oxygen atoms in total. The molecule has 2 bridgehead atoms. The average molecular weight is 373 g/mol. The Morgan fingerprint density at radius 2 is 1.96 bits per heavy atom. The summed E-state index contributed by atoms with van der Waals surface area (Å²) in [6, 6.07) is 0. The van der Waals surface area contributed by atoms with Gasteiger partial charge < -0.3 is 14.8 Å². The van der Waals surface area contributed by atoms with Crippen molar-refractivity contribution in [1.82, 2.24) is 29.9 Å². The van der Waals surface area contributed by atoms with E-state index in [4.69, 9.17) is 9.47 Å². The molecule has 0 spiro atoms. The topological polar surface area (TPSA) is 103 Å². The number of ether oxygens (including phenoxy) is 2. The summed E-state index contributed by atoms with van der Waals surface area (Å²) in [5.41, 5.74) is 3.45. The predicted octanol–water partition coefficient (Wildman–Crippen LogP) is 3.13. The highest BCUT2D eigenvalue weighted by Gasteiger charge is 2.17. The van der Waals surface area contributed by atoms with Gasteiger partial charge in [0.2, 0.25) is 5.95 Å². The molecule has 2 N–H and O–H groups in total. The van der Waals surface area contributed by atoms with Crippen molar-refractivity contribution >= 4 is 22.7 Å². The van der Waals surface area contributed by atoms with Crippen LogP contribution in [0.25, 0.3) is 11.0 Å². The molecule has 3 aromatic heterocycles. The van der Waals surface area contributed by atoms with Crippen molar-refractivity contribution in [2.24, 2.45) is 0 Å². The largest absolute Gasteiger partial charge is 0.475 e. The minimum absolute atomic E-state index is 0. The maximum absolute atomic E-state index is 5.72. The summed E-state index contributed by atoms with van der Waals surface area (Å²) in [6.07, 6.45) is 6.57. The summed E-state index contributed by atoms with van der Waals surface area (Å²) in [4.78, 5) is 8.93. The van der Waals surface area contributed by atoms with Crippen molar-refractivity contribution in [3.8, 4) is 5.88 Å². The standard InChI is InChI=1S/C13H15N7O.C5H10O.H2/c1-7-9-6-14-13-15-10-8(2)17-18-12(10)21-5-3-4-20(19-7)11(9)16-13;1-2-4-6-5-3-1;/h6H,3-5H2,1-2H3,(H,17,18)(H,14,15,16);1-5H2;1H. The van der Waals surface area contributed by atoms with Gasteiger partial charge in [-0.05, 0) is 33.1 Å². The Balaban J connectivity index is 0.000000278. The number of anilines is 2. The summed E-state index contributed by atoms with van der Waals surface area (Å²) in [5, 5.41) is 15.7. The lowest BCUT2D eigenvalue weighted by Crippen LogP contribution is -2.06. The van der Waals surface area contributed by atoms with Gasteiger partial charge >= 0.3 is 0 Å². The summed E-state index contributed by atoms with van der Waals surface area (Å²) in [7, 11) is 0. The van der Waals surface area contributed by atoms with E-state index in [0.29, 0.717) is 18.4 Å². The first-order chi connectivity index (χ1) is 13.2. The van der Waals surface area contributed by atoms with E-state index >= 15 is 0 Å². The zero-order valence-corrected chi connectivity index (χ0v) is 15.8. The van der Waals surface area contributed by atoms with Crippen molar-refractivity contribution in [2.75, 3.05) is 25.1 Å². The van der Waals surface area contributed by atoms with Crippen LogP contribution >= 0.6 is 0 Å². The Kier molecular flexibility index (Phi) is 5.19. The molecule has 1 saturated heterocycles. The highest BCUT2D eigenvalue weighted by Crippen LogP contribution is 2.29. The van der Waals surface area contributed by atoms with E-state index in [0.717, 1.165) is 54.3 Å². The summed E-state index contributed by atoms with van der Waals surface area (Å²) >= 11 is 0. The third-order valence-corrected chi connectivity index (χ3v) is 4.65. The number of H-pyrrole nitrogens is 1. The normalized spacial score (nSPS) is 16.5. The smallest absolute Gasteiger partial charge is 0.256 e. The lowest BCUT2D eigenvalue weighted by Gasteiger charge is -2.08. The Morgan fingerprint density at radius 3 is 2.70 bits per heavy atom. The van der Waals surface area contributed by atoms with Crippen molar-refractivity contribution in [3.63, 3.8) is 0 Å². The van der Waals surface area contributed by atoms with Crippen LogP contribution < -0.4 is 10.1 Å². The van der Waals surface area contributed by atoms with Crippen molar-refractivity contribution in [3.05, 3.63) is 17.6 Å². The number of aromatic amines is 1. The van der Waals surface area contributed by atoms with E-state index in [1.165, 1.54) is 19.3 Å². The molecule has 3 aromatic rings. The fourth-order valence-corrected chi connectivity index (χ4v) is 3.16. The zero-order valence-electron chi connectivity index (χ0n) is 15.8. The van der Waals surface area contributed by atoms with Crippen LogP contribution in [0.5, 0.6) is 5.88 Å². The summed E-state index contributed by atoms with van der Waals surface area (Å²) in [5.74, 6) is 1.06. The maximum Gasteiger partial charge on any atom is 0.256 e. The second kappa shape index (κ2) is 7.91. The van der Waals surface area contributed by atoms with Crippen LogP contribution in [0.2, 0.25) is 0 Å². The second-order valence-electron chi connectivity index (χ2n) is 6.77. The fourth-order valence-electron chi connectivity index (χ4n) is 3.16. The molecule has 0 aromatic carbocycles. The Hall–Kier alpha value is -2.68. The molecule has 0 radical (unpaired) electrons. The van der Waals surface area contributed by atoms with Crippen LogP contribution in [0.4, 0.5) is 11.6 Å². The molecule has 0 unspecified atom stereocenters. The van der Waals surface area contributed by atoms with Gasteiger partial charge in [0.05, 0.1) is 23.4 Å². The number of rotatable bonds is 0. The van der Waals surface area contributed by atoms with E-state index in [-0.39, 0.29) is 1.43 Å². The van der Waals surface area contributed by atoms with Crippen molar-refractivity contribution in [1.29, 1.82) is 0 Å². The number of aromatic nitrogens is 6. The quantitative estimate of drug-likeness (QED) is 0.624. The van der Waals surface area contributed by atoms with Crippen LogP contribution in [-0.4, -0.2) is 49.8 Å². The van der Waals surface area contributed by atoms with Gasteiger partial charge in [-0.2, -0.15) is 10.1 Å². The molecule has 2 aliphatic rings. The third-order valence-electron chi connectivity index (χ3n) is 4.65. The van der Waals surface area contributed by atoms with Crippen LogP contribution in [-0.2, 0) is 11.3 Å². The molecular formula is C18H27N7O2. The third kappa shape index (κ3) is 3.87. The van der Waals surface area contributed by atoms with E-state index in [2.05, 4.69) is 30.6 Å². The van der Waals surface area contributed by atoms with Crippen molar-refractivity contribution < 1.29 is 10.9 Å². The molecule has 27 heavy (non-hydrogen) atoms. The molecule has 0 atom stereocenters. The Labute approximate surface area is 159 Å². The number of hydrogen-bond donors (Lipinski definition) is 2. The number of hydrogen-bond acceptors (Lipinski definition) is 7. The van der Waals surface area contributed by atoms with Crippen LogP contribution in [0.3, 0.4) is 0 Å². The molecule has 0 amide bonds. The van der Waals surface area contributed by atoms with Crippen LogP contribution in [0.15, 0.2) is 6.20 Å². The molecule has 5 rings (SSSR count). The van der Waals surface area contributed by atoms with Gasteiger partial charge in [0.25, 0.3) is 5.88 Å².